The summed E-state index contributed by atoms with van der Waals surface area (Å²) in [7, 11) is 1.43. The number of halogens is 1. The fourth-order valence-electron chi connectivity index (χ4n) is 4.00. The molecule has 3 amide bonds. The van der Waals surface area contributed by atoms with Crippen LogP contribution in [0.1, 0.15) is 25.7 Å². The first-order chi connectivity index (χ1) is 13.7. The summed E-state index contributed by atoms with van der Waals surface area (Å²) in [5.74, 6) is 0.164. The highest BCUT2D eigenvalue weighted by Crippen LogP contribution is 2.60. The van der Waals surface area contributed by atoms with Crippen LogP contribution in [-0.4, -0.2) is 55.4 Å². The number of carbonyl (C=O) groups excluding carboxylic acids is 3. The second kappa shape index (κ2) is 8.46. The van der Waals surface area contributed by atoms with Gasteiger partial charge < -0.3 is 30.6 Å². The Morgan fingerprint density at radius 1 is 1.10 bits per heavy atom. The summed E-state index contributed by atoms with van der Waals surface area (Å²) in [6.07, 6.45) is 0.605. The summed E-state index contributed by atoms with van der Waals surface area (Å²) in [4.78, 5) is 35.0. The zero-order chi connectivity index (χ0) is 21.1. The van der Waals surface area contributed by atoms with Gasteiger partial charge in [-0.3, -0.25) is 9.59 Å². The van der Waals surface area contributed by atoms with E-state index in [1.54, 1.807) is 24.3 Å². The average molecular weight is 426 g/mol. The van der Waals surface area contributed by atoms with Gasteiger partial charge in [0.1, 0.15) is 18.5 Å². The molecule has 3 fully saturated rings. The quantitative estimate of drug-likeness (QED) is 0.515. The number of hydrogen-bond acceptors (Lipinski definition) is 6. The minimum absolute atomic E-state index is 0.0554. The Balaban J connectivity index is 1.36. The number of nitrogens with one attached hydrogen (secondary N) is 2. The maximum Gasteiger partial charge on any atom is 0.404 e. The van der Waals surface area contributed by atoms with E-state index in [1.165, 1.54) is 7.11 Å². The second-order valence-electron chi connectivity index (χ2n) is 7.62. The molecular formula is C19H24ClN3O6. The number of hydrogen-bond donors (Lipinski definition) is 3. The van der Waals surface area contributed by atoms with Crippen molar-refractivity contribution in [3.8, 4) is 5.75 Å². The van der Waals surface area contributed by atoms with Crippen LogP contribution in [0.5, 0.6) is 5.75 Å². The number of nitrogens with two attached hydrogens (primary N) is 1. The molecule has 0 aliphatic heterocycles. The van der Waals surface area contributed by atoms with Crippen LogP contribution in [-0.2, 0) is 19.1 Å². The van der Waals surface area contributed by atoms with E-state index in [2.05, 4.69) is 15.4 Å². The number of ether oxygens (including phenoxy) is 3. The molecule has 2 bridgehead atoms. The van der Waals surface area contributed by atoms with Crippen molar-refractivity contribution in [3.05, 3.63) is 29.3 Å². The third kappa shape index (κ3) is 5.30. The minimum Gasteiger partial charge on any atom is -0.484 e. The summed E-state index contributed by atoms with van der Waals surface area (Å²) >= 11 is 5.81. The maximum atomic E-state index is 12.2. The molecule has 158 valence electrons. The Labute approximate surface area is 173 Å². The van der Waals surface area contributed by atoms with Crippen molar-refractivity contribution in [2.24, 2.45) is 5.73 Å². The average Bonchev–Trinajstić information content (AvgIpc) is 2.61. The largest absolute Gasteiger partial charge is 0.484 e. The topological polar surface area (TPSA) is 129 Å². The van der Waals surface area contributed by atoms with Gasteiger partial charge in [0, 0.05) is 23.2 Å². The lowest BCUT2D eigenvalue weighted by Crippen LogP contribution is -2.84. The molecule has 0 aromatic heterocycles. The Bertz CT molecular complexity index is 765. The fraction of sp³-hybridized carbons (Fsp3) is 0.526. The smallest absolute Gasteiger partial charge is 0.404 e. The third-order valence-electron chi connectivity index (χ3n) is 5.18. The summed E-state index contributed by atoms with van der Waals surface area (Å²) in [5, 5.41) is 6.57. The SMILES string of the molecule is COC(COC(N)=O)CC(=O)NC12CC(NC(=O)COc3ccc(Cl)cc3)(C1)C2. The summed E-state index contributed by atoms with van der Waals surface area (Å²) in [5.41, 5.74) is 4.35. The molecule has 10 heteroatoms. The molecule has 29 heavy (non-hydrogen) atoms. The van der Waals surface area contributed by atoms with Gasteiger partial charge in [-0.25, -0.2) is 4.79 Å². The van der Waals surface area contributed by atoms with E-state index in [-0.39, 0.29) is 42.5 Å². The Morgan fingerprint density at radius 3 is 2.24 bits per heavy atom. The second-order valence-corrected chi connectivity index (χ2v) is 8.06. The lowest BCUT2D eigenvalue weighted by atomic mass is 9.44. The molecule has 0 radical (unpaired) electrons. The van der Waals surface area contributed by atoms with E-state index < -0.39 is 12.2 Å². The number of primary amides is 1. The molecule has 3 aliphatic rings. The molecule has 1 aromatic rings. The van der Waals surface area contributed by atoms with Crippen LogP contribution in [0.3, 0.4) is 0 Å². The molecule has 0 spiro atoms. The number of amides is 3. The van der Waals surface area contributed by atoms with Crippen molar-refractivity contribution in [1.82, 2.24) is 10.6 Å². The van der Waals surface area contributed by atoms with Gasteiger partial charge in [-0.05, 0) is 43.5 Å². The molecule has 1 aromatic carbocycles. The van der Waals surface area contributed by atoms with Gasteiger partial charge in [0.2, 0.25) is 5.91 Å². The van der Waals surface area contributed by atoms with Crippen LogP contribution in [0.25, 0.3) is 0 Å². The predicted molar refractivity (Wildman–Crippen MR) is 103 cm³/mol. The van der Waals surface area contributed by atoms with Crippen molar-refractivity contribution in [3.63, 3.8) is 0 Å². The maximum absolute atomic E-state index is 12.2. The van der Waals surface area contributed by atoms with Gasteiger partial charge in [-0.2, -0.15) is 0 Å². The zero-order valence-electron chi connectivity index (χ0n) is 16.0. The van der Waals surface area contributed by atoms with E-state index in [0.29, 0.717) is 30.0 Å². The fourth-order valence-corrected chi connectivity index (χ4v) is 4.13. The highest BCUT2D eigenvalue weighted by Gasteiger charge is 2.69. The van der Waals surface area contributed by atoms with Crippen LogP contribution in [0.2, 0.25) is 5.02 Å². The highest BCUT2D eigenvalue weighted by atomic mass is 35.5. The van der Waals surface area contributed by atoms with E-state index in [0.717, 1.165) is 0 Å². The van der Waals surface area contributed by atoms with Crippen LogP contribution in [0.15, 0.2) is 24.3 Å². The first kappa shape index (κ1) is 21.2. The Hall–Kier alpha value is -2.52. The number of benzene rings is 1. The molecule has 0 saturated heterocycles. The van der Waals surface area contributed by atoms with E-state index in [4.69, 9.17) is 26.8 Å². The van der Waals surface area contributed by atoms with Crippen LogP contribution in [0, 0.1) is 0 Å². The zero-order valence-corrected chi connectivity index (χ0v) is 16.8. The Morgan fingerprint density at radius 2 is 1.69 bits per heavy atom. The normalized spacial score (nSPS) is 25.0. The van der Waals surface area contributed by atoms with Crippen LogP contribution >= 0.6 is 11.6 Å². The molecule has 4 rings (SSSR count). The number of carbonyl (C=O) groups is 3. The molecule has 9 nitrogen and oxygen atoms in total. The summed E-state index contributed by atoms with van der Waals surface area (Å²) < 4.78 is 15.2. The van der Waals surface area contributed by atoms with Gasteiger partial charge in [0.25, 0.3) is 5.91 Å². The minimum atomic E-state index is -0.912. The van der Waals surface area contributed by atoms with Gasteiger partial charge >= 0.3 is 6.09 Å². The molecule has 3 aliphatic carbocycles. The van der Waals surface area contributed by atoms with E-state index in [9.17, 15) is 14.4 Å². The number of rotatable bonds is 10. The summed E-state index contributed by atoms with van der Waals surface area (Å²) in [6.45, 7) is -0.169. The van der Waals surface area contributed by atoms with Crippen LogP contribution < -0.4 is 21.1 Å². The molecular weight excluding hydrogens is 402 g/mol. The highest BCUT2D eigenvalue weighted by molar-refractivity contribution is 6.30. The van der Waals surface area contributed by atoms with E-state index >= 15 is 0 Å². The molecule has 1 atom stereocenters. The van der Waals surface area contributed by atoms with Crippen LogP contribution in [0.4, 0.5) is 4.79 Å². The molecule has 3 saturated carbocycles. The molecule has 0 heterocycles. The Kier molecular flexibility index (Phi) is 6.18. The van der Waals surface area contributed by atoms with Crippen molar-refractivity contribution in [1.29, 1.82) is 0 Å². The van der Waals surface area contributed by atoms with Gasteiger partial charge in [-0.15, -0.1) is 0 Å². The number of methoxy groups -OCH3 is 1. The van der Waals surface area contributed by atoms with Gasteiger partial charge in [-0.1, -0.05) is 11.6 Å². The lowest BCUT2D eigenvalue weighted by Gasteiger charge is -2.70. The first-order valence-electron chi connectivity index (χ1n) is 9.19. The van der Waals surface area contributed by atoms with Gasteiger partial charge in [0.05, 0.1) is 6.42 Å². The summed E-state index contributed by atoms with van der Waals surface area (Å²) in [6, 6.07) is 6.78. The van der Waals surface area contributed by atoms with Crippen molar-refractivity contribution in [2.45, 2.75) is 42.9 Å². The monoisotopic (exact) mass is 425 g/mol. The lowest BCUT2D eigenvalue weighted by molar-refractivity contribution is -0.151. The van der Waals surface area contributed by atoms with E-state index in [1.807, 2.05) is 0 Å². The standard InChI is InChI=1S/C19H24ClN3O6/c1-27-14(7-29-17(21)26)6-15(24)22-18-9-19(10-18,11-18)23-16(25)8-28-13-4-2-12(20)3-5-13/h2-5,14H,6-11H2,1H3,(H2,21,26)(H,22,24)(H,23,25). The van der Waals surface area contributed by atoms with Gasteiger partial charge in [0.15, 0.2) is 6.61 Å². The van der Waals surface area contributed by atoms with Crippen molar-refractivity contribution in [2.75, 3.05) is 20.3 Å². The molecule has 1 unspecified atom stereocenters. The first-order valence-corrected chi connectivity index (χ1v) is 9.56. The van der Waals surface area contributed by atoms with Crippen molar-refractivity contribution < 1.29 is 28.6 Å². The third-order valence-corrected chi connectivity index (χ3v) is 5.43. The predicted octanol–water partition coefficient (Wildman–Crippen LogP) is 1.13. The van der Waals surface area contributed by atoms with Crippen molar-refractivity contribution >= 4 is 29.5 Å². The molecule has 4 N–H and O–H groups in total.